The van der Waals surface area contributed by atoms with E-state index in [0.717, 1.165) is 56.2 Å². The highest BCUT2D eigenvalue weighted by Crippen LogP contribution is 2.42. The summed E-state index contributed by atoms with van der Waals surface area (Å²) in [6.07, 6.45) is 7.53. The standard InChI is InChI=1S/C23H31N3O3/c1-16(27)24-19-10-6-9-18(13-19)20-14-26(22(29)17-7-2-3-8-17)15-23(20)12-5-4-11-21(28)25-23/h6,9-10,13,17,20H,2-5,7-8,11-12,14-15H2,1H3,(H,24,27)(H,25,28)/t20-,23+/m0/s1. The van der Waals surface area contributed by atoms with E-state index in [0.29, 0.717) is 19.5 Å². The number of rotatable bonds is 3. The summed E-state index contributed by atoms with van der Waals surface area (Å²) < 4.78 is 0. The first kappa shape index (κ1) is 19.9. The lowest BCUT2D eigenvalue weighted by Crippen LogP contribution is -2.53. The second-order valence-electron chi connectivity index (χ2n) is 8.97. The number of amides is 3. The van der Waals surface area contributed by atoms with Gasteiger partial charge in [0.05, 0.1) is 5.54 Å². The Bertz CT molecular complexity index is 802. The molecule has 2 N–H and O–H groups in total. The van der Waals surface area contributed by atoms with Gasteiger partial charge >= 0.3 is 0 Å². The summed E-state index contributed by atoms with van der Waals surface area (Å²) in [6.45, 7) is 2.71. The fourth-order valence-corrected chi connectivity index (χ4v) is 5.48. The first-order chi connectivity index (χ1) is 14.0. The van der Waals surface area contributed by atoms with Crippen molar-refractivity contribution < 1.29 is 14.4 Å². The van der Waals surface area contributed by atoms with Crippen molar-refractivity contribution in [3.63, 3.8) is 0 Å². The number of benzene rings is 1. The third-order valence-electron chi connectivity index (χ3n) is 6.83. The number of carbonyl (C=O) groups is 3. The van der Waals surface area contributed by atoms with Gasteiger partial charge in [0.2, 0.25) is 17.7 Å². The minimum Gasteiger partial charge on any atom is -0.348 e. The predicted octanol–water partition coefficient (Wildman–Crippen LogP) is 3.19. The van der Waals surface area contributed by atoms with E-state index in [1.54, 1.807) is 0 Å². The van der Waals surface area contributed by atoms with E-state index < -0.39 is 5.54 Å². The fraction of sp³-hybridized carbons (Fsp3) is 0.609. The van der Waals surface area contributed by atoms with Crippen LogP contribution >= 0.6 is 0 Å². The second kappa shape index (κ2) is 8.17. The first-order valence-corrected chi connectivity index (χ1v) is 10.9. The molecule has 0 bridgehead atoms. The van der Waals surface area contributed by atoms with Crippen LogP contribution in [0.25, 0.3) is 0 Å². The highest BCUT2D eigenvalue weighted by molar-refractivity contribution is 5.88. The van der Waals surface area contributed by atoms with Crippen LogP contribution in [0.2, 0.25) is 0 Å². The zero-order valence-corrected chi connectivity index (χ0v) is 17.2. The number of carbonyl (C=O) groups excluding carboxylic acids is 3. The third-order valence-corrected chi connectivity index (χ3v) is 6.83. The Labute approximate surface area is 172 Å². The molecular formula is C23H31N3O3. The largest absolute Gasteiger partial charge is 0.348 e. The van der Waals surface area contributed by atoms with Crippen molar-refractivity contribution in [2.24, 2.45) is 5.92 Å². The number of likely N-dealkylation sites (tertiary alicyclic amines) is 1. The van der Waals surface area contributed by atoms with E-state index in [4.69, 9.17) is 0 Å². The zero-order chi connectivity index (χ0) is 20.4. The number of anilines is 1. The molecule has 2 atom stereocenters. The summed E-state index contributed by atoms with van der Waals surface area (Å²) in [7, 11) is 0. The van der Waals surface area contributed by atoms with Crippen LogP contribution < -0.4 is 10.6 Å². The van der Waals surface area contributed by atoms with Crippen molar-refractivity contribution >= 4 is 23.4 Å². The minimum absolute atomic E-state index is 0.0311. The molecule has 6 nitrogen and oxygen atoms in total. The Morgan fingerprint density at radius 1 is 1.17 bits per heavy atom. The Hall–Kier alpha value is -2.37. The Balaban J connectivity index is 1.65. The van der Waals surface area contributed by atoms with E-state index in [2.05, 4.69) is 16.7 Å². The molecule has 4 rings (SSSR count). The van der Waals surface area contributed by atoms with Crippen LogP contribution in [-0.4, -0.2) is 41.2 Å². The summed E-state index contributed by atoms with van der Waals surface area (Å²) in [6, 6.07) is 7.86. The number of hydrogen-bond acceptors (Lipinski definition) is 3. The molecule has 3 fully saturated rings. The highest BCUT2D eigenvalue weighted by atomic mass is 16.2. The molecule has 1 aromatic carbocycles. The molecule has 2 saturated heterocycles. The summed E-state index contributed by atoms with van der Waals surface area (Å²) in [4.78, 5) is 39.2. The van der Waals surface area contributed by atoms with Crippen molar-refractivity contribution in [3.05, 3.63) is 29.8 Å². The van der Waals surface area contributed by atoms with Crippen LogP contribution in [0, 0.1) is 5.92 Å². The van der Waals surface area contributed by atoms with Gasteiger partial charge in [-0.25, -0.2) is 0 Å². The normalized spacial score (nSPS) is 27.7. The van der Waals surface area contributed by atoms with E-state index in [1.807, 2.05) is 23.1 Å². The highest BCUT2D eigenvalue weighted by Gasteiger charge is 2.50. The number of hydrogen-bond donors (Lipinski definition) is 2. The van der Waals surface area contributed by atoms with Crippen LogP contribution in [0.5, 0.6) is 0 Å². The molecule has 0 aromatic heterocycles. The molecule has 2 heterocycles. The molecule has 3 amide bonds. The zero-order valence-electron chi connectivity index (χ0n) is 17.2. The van der Waals surface area contributed by atoms with Crippen molar-refractivity contribution in [1.29, 1.82) is 0 Å². The molecule has 3 aliphatic rings. The summed E-state index contributed by atoms with van der Waals surface area (Å²) in [5, 5.41) is 6.17. The third kappa shape index (κ3) is 4.16. The summed E-state index contributed by atoms with van der Waals surface area (Å²) in [5.74, 6) is 0.396. The Morgan fingerprint density at radius 2 is 1.97 bits per heavy atom. The molecule has 1 saturated carbocycles. The van der Waals surface area contributed by atoms with E-state index in [-0.39, 0.29) is 29.6 Å². The van der Waals surface area contributed by atoms with Gasteiger partial charge in [-0.2, -0.15) is 0 Å². The fourth-order valence-electron chi connectivity index (χ4n) is 5.48. The number of nitrogens with zero attached hydrogens (tertiary/aromatic N) is 1. The smallest absolute Gasteiger partial charge is 0.225 e. The van der Waals surface area contributed by atoms with Gasteiger partial charge in [0.15, 0.2) is 0 Å². The van der Waals surface area contributed by atoms with Gasteiger partial charge in [0.25, 0.3) is 0 Å². The molecule has 6 heteroatoms. The topological polar surface area (TPSA) is 78.5 Å². The van der Waals surface area contributed by atoms with Crippen LogP contribution in [0.4, 0.5) is 5.69 Å². The molecule has 1 aromatic rings. The van der Waals surface area contributed by atoms with Gasteiger partial charge in [0, 0.05) is 44.0 Å². The van der Waals surface area contributed by atoms with Gasteiger partial charge in [0.1, 0.15) is 0 Å². The maximum Gasteiger partial charge on any atom is 0.225 e. The van der Waals surface area contributed by atoms with Gasteiger partial charge in [-0.05, 0) is 43.4 Å². The maximum atomic E-state index is 13.2. The Morgan fingerprint density at radius 3 is 2.72 bits per heavy atom. The Kier molecular flexibility index (Phi) is 5.61. The lowest BCUT2D eigenvalue weighted by Gasteiger charge is -2.35. The molecule has 29 heavy (non-hydrogen) atoms. The molecule has 0 radical (unpaired) electrons. The number of nitrogens with one attached hydrogen (secondary N) is 2. The van der Waals surface area contributed by atoms with E-state index >= 15 is 0 Å². The monoisotopic (exact) mass is 397 g/mol. The van der Waals surface area contributed by atoms with Crippen LogP contribution in [-0.2, 0) is 14.4 Å². The van der Waals surface area contributed by atoms with Gasteiger partial charge < -0.3 is 15.5 Å². The predicted molar refractivity (Wildman–Crippen MR) is 111 cm³/mol. The molecular weight excluding hydrogens is 366 g/mol. The second-order valence-corrected chi connectivity index (χ2v) is 8.97. The van der Waals surface area contributed by atoms with Crippen molar-refractivity contribution in [2.75, 3.05) is 18.4 Å². The average molecular weight is 398 g/mol. The molecule has 2 aliphatic heterocycles. The molecule has 0 unspecified atom stereocenters. The van der Waals surface area contributed by atoms with Crippen molar-refractivity contribution in [2.45, 2.75) is 69.7 Å². The van der Waals surface area contributed by atoms with Crippen LogP contribution in [0.1, 0.15) is 69.8 Å². The minimum atomic E-state index is -0.420. The van der Waals surface area contributed by atoms with Gasteiger partial charge in [-0.1, -0.05) is 31.4 Å². The quantitative estimate of drug-likeness (QED) is 0.822. The summed E-state index contributed by atoms with van der Waals surface area (Å²) >= 11 is 0. The van der Waals surface area contributed by atoms with Crippen LogP contribution in [0.3, 0.4) is 0 Å². The van der Waals surface area contributed by atoms with Gasteiger partial charge in [-0.3, -0.25) is 14.4 Å². The van der Waals surface area contributed by atoms with E-state index in [9.17, 15) is 14.4 Å². The lowest BCUT2D eigenvalue weighted by molar-refractivity contribution is -0.135. The molecule has 1 spiro atoms. The van der Waals surface area contributed by atoms with Gasteiger partial charge in [-0.15, -0.1) is 0 Å². The maximum absolute atomic E-state index is 13.2. The lowest BCUT2D eigenvalue weighted by atomic mass is 9.79. The van der Waals surface area contributed by atoms with Crippen molar-refractivity contribution in [3.8, 4) is 0 Å². The molecule has 156 valence electrons. The van der Waals surface area contributed by atoms with Crippen molar-refractivity contribution in [1.82, 2.24) is 10.2 Å². The van der Waals surface area contributed by atoms with Crippen LogP contribution in [0.15, 0.2) is 24.3 Å². The van der Waals surface area contributed by atoms with E-state index in [1.165, 1.54) is 6.92 Å². The SMILES string of the molecule is CC(=O)Nc1cccc([C@@H]2CN(C(=O)C3CCCC3)C[C@]23CCCCC(=O)N3)c1. The summed E-state index contributed by atoms with van der Waals surface area (Å²) in [5.41, 5.74) is 1.40. The average Bonchev–Trinajstić information content (AvgIpc) is 3.29. The molecule has 1 aliphatic carbocycles. The first-order valence-electron chi connectivity index (χ1n) is 10.9.